The summed E-state index contributed by atoms with van der Waals surface area (Å²) in [6, 6.07) is 1.59. The molecule has 1 atom stereocenters. The molecule has 0 aliphatic carbocycles. The van der Waals surface area contributed by atoms with Crippen LogP contribution in [-0.4, -0.2) is 67.4 Å². The van der Waals surface area contributed by atoms with Crippen molar-refractivity contribution in [2.24, 2.45) is 0 Å². The van der Waals surface area contributed by atoms with Gasteiger partial charge >= 0.3 is 0 Å². The van der Waals surface area contributed by atoms with Crippen LogP contribution in [0.2, 0.25) is 0 Å². The molecule has 2 N–H and O–H groups in total. The van der Waals surface area contributed by atoms with Crippen molar-refractivity contribution in [1.29, 1.82) is 0 Å². The third-order valence-electron chi connectivity index (χ3n) is 4.80. The van der Waals surface area contributed by atoms with Crippen LogP contribution in [0.4, 0.5) is 5.13 Å². The van der Waals surface area contributed by atoms with E-state index in [1.807, 2.05) is 11.8 Å². The molecular weight excluding hydrogens is 438 g/mol. The molecule has 0 bridgehead atoms. The van der Waals surface area contributed by atoms with Crippen molar-refractivity contribution >= 4 is 32.2 Å². The van der Waals surface area contributed by atoms with Crippen LogP contribution in [0.15, 0.2) is 35.6 Å². The van der Waals surface area contributed by atoms with Gasteiger partial charge in [0, 0.05) is 43.7 Å². The van der Waals surface area contributed by atoms with E-state index in [0.29, 0.717) is 54.9 Å². The molecule has 1 aliphatic heterocycles. The largest absolute Gasteiger partial charge is 0.378 e. The van der Waals surface area contributed by atoms with Crippen molar-refractivity contribution in [3.8, 4) is 10.4 Å². The summed E-state index contributed by atoms with van der Waals surface area (Å²) in [6.07, 6.45) is 2.94. The lowest BCUT2D eigenvalue weighted by atomic mass is 10.2. The smallest absolute Gasteiger partial charge is 0.223 e. The monoisotopic (exact) mass is 465 g/mol. The van der Waals surface area contributed by atoms with Gasteiger partial charge in [0.05, 0.1) is 28.7 Å². The quantitative estimate of drug-likeness (QED) is 0.609. The fourth-order valence-corrected chi connectivity index (χ4v) is 5.97. The van der Waals surface area contributed by atoms with Crippen molar-refractivity contribution in [3.63, 3.8) is 0 Å². The fraction of sp³-hybridized carbons (Fsp3) is 0.450. The molecule has 1 amide bonds. The second-order valence-corrected chi connectivity index (χ2v) is 10.1. The molecule has 0 aromatic carbocycles. The van der Waals surface area contributed by atoms with E-state index in [1.54, 1.807) is 19.2 Å². The molecular formula is C20H27N5O4S2. The van der Waals surface area contributed by atoms with Crippen LogP contribution in [-0.2, 0) is 19.4 Å². The summed E-state index contributed by atoms with van der Waals surface area (Å²) in [5, 5.41) is 5.21. The summed E-state index contributed by atoms with van der Waals surface area (Å²) in [5.74, 6) is -0.218. The minimum atomic E-state index is -3.81. The first-order valence-electron chi connectivity index (χ1n) is 9.93. The number of rotatable bonds is 8. The van der Waals surface area contributed by atoms with Crippen molar-refractivity contribution in [3.05, 3.63) is 36.4 Å². The first-order chi connectivity index (χ1) is 14.7. The Morgan fingerprint density at radius 3 is 2.71 bits per heavy atom. The zero-order chi connectivity index (χ0) is 22.6. The van der Waals surface area contributed by atoms with E-state index >= 15 is 0 Å². The number of amides is 1. The molecule has 1 unspecified atom stereocenters. The lowest BCUT2D eigenvalue weighted by molar-refractivity contribution is -0.114. The van der Waals surface area contributed by atoms with Crippen molar-refractivity contribution in [2.45, 2.75) is 31.0 Å². The summed E-state index contributed by atoms with van der Waals surface area (Å²) >= 11 is 1.27. The Morgan fingerprint density at radius 2 is 2.06 bits per heavy atom. The zero-order valence-corrected chi connectivity index (χ0v) is 19.5. The van der Waals surface area contributed by atoms with Gasteiger partial charge in [0.1, 0.15) is 0 Å². The van der Waals surface area contributed by atoms with Gasteiger partial charge in [-0.25, -0.2) is 13.4 Å². The van der Waals surface area contributed by atoms with E-state index in [0.717, 1.165) is 4.88 Å². The molecule has 1 saturated heterocycles. The van der Waals surface area contributed by atoms with E-state index in [1.165, 1.54) is 24.5 Å². The maximum absolute atomic E-state index is 13.5. The van der Waals surface area contributed by atoms with E-state index < -0.39 is 15.2 Å². The van der Waals surface area contributed by atoms with Gasteiger partial charge in [-0.2, -0.15) is 0 Å². The van der Waals surface area contributed by atoms with E-state index in [4.69, 9.17) is 4.74 Å². The van der Waals surface area contributed by atoms with Crippen LogP contribution in [0, 0.1) is 6.92 Å². The number of likely N-dealkylation sites (N-methyl/N-ethyl adjacent to an activating group) is 1. The van der Waals surface area contributed by atoms with Gasteiger partial charge in [-0.1, -0.05) is 24.8 Å². The molecule has 1 aliphatic rings. The van der Waals surface area contributed by atoms with Crippen LogP contribution in [0.3, 0.4) is 0 Å². The summed E-state index contributed by atoms with van der Waals surface area (Å²) in [7, 11) is -3.81. The Labute approximate surface area is 186 Å². The number of hydrogen-bond donors (Lipinski definition) is 2. The van der Waals surface area contributed by atoms with Crippen LogP contribution in [0.25, 0.3) is 10.4 Å². The Kier molecular flexibility index (Phi) is 7.42. The Bertz CT molecular complexity index is 1060. The van der Waals surface area contributed by atoms with Crippen molar-refractivity contribution in [2.75, 3.05) is 38.2 Å². The van der Waals surface area contributed by atoms with Gasteiger partial charge in [0.2, 0.25) is 15.7 Å². The number of anilines is 1. The van der Waals surface area contributed by atoms with Crippen molar-refractivity contribution in [1.82, 2.24) is 20.2 Å². The number of pyridine rings is 1. The van der Waals surface area contributed by atoms with Crippen LogP contribution in [0.5, 0.6) is 0 Å². The number of carbonyl (C=O) groups is 1. The molecule has 168 valence electrons. The normalized spacial score (nSPS) is 15.5. The van der Waals surface area contributed by atoms with Gasteiger partial charge in [0.25, 0.3) is 0 Å². The summed E-state index contributed by atoms with van der Waals surface area (Å²) in [6.45, 7) is 11.9. The number of nitrogens with zero attached hydrogens (tertiary/aromatic N) is 3. The molecule has 11 heteroatoms. The molecule has 2 aromatic heterocycles. The number of sulfone groups is 1. The molecule has 0 spiro atoms. The molecule has 1 fully saturated rings. The maximum atomic E-state index is 13.5. The number of aryl methyl sites for hydroxylation is 1. The predicted molar refractivity (Wildman–Crippen MR) is 121 cm³/mol. The highest BCUT2D eigenvalue weighted by atomic mass is 32.2. The SMILES string of the molecule is C=C(C(NCC)S(=O)(=O)c1cncc(-c2sc(NC(C)=O)nc2C)c1)N1CCOCC1. The third kappa shape index (κ3) is 5.29. The first kappa shape index (κ1) is 23.3. The Balaban J connectivity index is 1.94. The van der Waals surface area contributed by atoms with Gasteiger partial charge in [0.15, 0.2) is 10.5 Å². The predicted octanol–water partition coefficient (Wildman–Crippen LogP) is 2.03. The van der Waals surface area contributed by atoms with Crippen LogP contribution < -0.4 is 10.6 Å². The highest BCUT2D eigenvalue weighted by Gasteiger charge is 2.33. The van der Waals surface area contributed by atoms with Crippen molar-refractivity contribution < 1.29 is 17.9 Å². The van der Waals surface area contributed by atoms with Gasteiger partial charge in [-0.15, -0.1) is 0 Å². The van der Waals surface area contributed by atoms with E-state index in [2.05, 4.69) is 27.2 Å². The Hall–Kier alpha value is -2.34. The lowest BCUT2D eigenvalue weighted by Crippen LogP contribution is -2.47. The number of nitrogens with one attached hydrogen (secondary N) is 2. The molecule has 9 nitrogen and oxygen atoms in total. The zero-order valence-electron chi connectivity index (χ0n) is 17.8. The highest BCUT2D eigenvalue weighted by Crippen LogP contribution is 2.34. The van der Waals surface area contributed by atoms with E-state index in [-0.39, 0.29) is 10.8 Å². The molecule has 0 saturated carbocycles. The number of hydrogen-bond acceptors (Lipinski definition) is 9. The average Bonchev–Trinajstić information content (AvgIpc) is 3.11. The number of morpholine rings is 1. The minimum Gasteiger partial charge on any atom is -0.378 e. The first-order valence-corrected chi connectivity index (χ1v) is 12.3. The third-order valence-corrected chi connectivity index (χ3v) is 7.86. The fourth-order valence-electron chi connectivity index (χ4n) is 3.31. The number of ether oxygens (including phenoxy) is 1. The minimum absolute atomic E-state index is 0.0965. The maximum Gasteiger partial charge on any atom is 0.223 e. The van der Waals surface area contributed by atoms with Gasteiger partial charge in [-0.05, 0) is 19.5 Å². The summed E-state index contributed by atoms with van der Waals surface area (Å²) in [4.78, 5) is 22.6. The standard InChI is InChI=1S/C20H27N5O4S2/c1-5-22-19(14(3)25-6-8-29-9-7-25)31(27,28)17-10-16(11-21-12-17)18-13(2)23-20(30-18)24-15(4)26/h10-12,19,22H,3,5-9H2,1-2,4H3,(H,23,24,26). The lowest BCUT2D eigenvalue weighted by Gasteiger charge is -2.34. The molecule has 31 heavy (non-hydrogen) atoms. The number of aromatic nitrogens is 2. The number of carbonyl (C=O) groups excluding carboxylic acids is 1. The number of thiazole rings is 1. The van der Waals surface area contributed by atoms with Crippen LogP contribution in [0.1, 0.15) is 19.5 Å². The topological polar surface area (TPSA) is 114 Å². The average molecular weight is 466 g/mol. The second kappa shape index (κ2) is 9.86. The van der Waals surface area contributed by atoms with Gasteiger partial charge in [-0.3, -0.25) is 15.1 Å². The van der Waals surface area contributed by atoms with Gasteiger partial charge < -0.3 is 15.0 Å². The summed E-state index contributed by atoms with van der Waals surface area (Å²) in [5.41, 5.74) is 1.81. The Morgan fingerprint density at radius 1 is 1.35 bits per heavy atom. The second-order valence-electron chi connectivity index (χ2n) is 7.10. The highest BCUT2D eigenvalue weighted by molar-refractivity contribution is 7.92. The molecule has 2 aromatic rings. The molecule has 3 heterocycles. The molecule has 3 rings (SSSR count). The summed E-state index contributed by atoms with van der Waals surface area (Å²) < 4.78 is 32.4. The van der Waals surface area contributed by atoms with E-state index in [9.17, 15) is 13.2 Å². The molecule has 0 radical (unpaired) electrons. The van der Waals surface area contributed by atoms with Crippen LogP contribution >= 0.6 is 11.3 Å².